The Hall–Kier alpha value is -2.08. The van der Waals surface area contributed by atoms with Crippen LogP contribution in [0.25, 0.3) is 10.9 Å². The predicted octanol–water partition coefficient (Wildman–Crippen LogP) is 2.23. The van der Waals surface area contributed by atoms with Gasteiger partial charge in [0.15, 0.2) is 5.69 Å². The van der Waals surface area contributed by atoms with Crippen LogP contribution in [0.5, 0.6) is 0 Å². The highest BCUT2D eigenvalue weighted by Crippen LogP contribution is 2.28. The van der Waals surface area contributed by atoms with E-state index in [2.05, 4.69) is 51.3 Å². The SMILES string of the molecule is CCN(CC)c1ccc2[nH]nc(C(=O)N[C@H]3CN4CCC3CC4)c2c1. The maximum atomic E-state index is 12.9. The number of amides is 1. The lowest BCUT2D eigenvalue weighted by Crippen LogP contribution is -2.57. The first-order chi connectivity index (χ1) is 12.2. The number of nitrogens with one attached hydrogen (secondary N) is 2. The van der Waals surface area contributed by atoms with E-state index in [1.54, 1.807) is 0 Å². The molecule has 4 heterocycles. The molecule has 6 heteroatoms. The number of nitrogens with zero attached hydrogens (tertiary/aromatic N) is 3. The van der Waals surface area contributed by atoms with Gasteiger partial charge in [-0.25, -0.2) is 0 Å². The number of piperidine rings is 3. The van der Waals surface area contributed by atoms with Crippen LogP contribution in [0.1, 0.15) is 37.2 Å². The van der Waals surface area contributed by atoms with Crippen molar-refractivity contribution in [3.63, 3.8) is 0 Å². The number of fused-ring (bicyclic) bond motifs is 4. The molecular formula is C19H27N5O. The van der Waals surface area contributed by atoms with Crippen molar-refractivity contribution < 1.29 is 4.79 Å². The number of hydrogen-bond acceptors (Lipinski definition) is 4. The van der Waals surface area contributed by atoms with Gasteiger partial charge in [0, 0.05) is 36.7 Å². The second-order valence-electron chi connectivity index (χ2n) is 7.19. The van der Waals surface area contributed by atoms with Gasteiger partial charge in [0.25, 0.3) is 5.91 Å². The lowest BCUT2D eigenvalue weighted by Gasteiger charge is -2.44. The average Bonchev–Trinajstić information content (AvgIpc) is 3.07. The number of anilines is 1. The van der Waals surface area contributed by atoms with Crippen molar-refractivity contribution in [2.24, 2.45) is 5.92 Å². The lowest BCUT2D eigenvalue weighted by molar-refractivity contribution is 0.0618. The molecule has 2 aromatic rings. The first-order valence-corrected chi connectivity index (χ1v) is 9.46. The summed E-state index contributed by atoms with van der Waals surface area (Å²) in [5, 5.41) is 11.5. The van der Waals surface area contributed by atoms with Crippen LogP contribution < -0.4 is 10.2 Å². The number of rotatable bonds is 5. The number of carbonyl (C=O) groups excluding carboxylic acids is 1. The molecule has 0 unspecified atom stereocenters. The normalized spacial score (nSPS) is 25.3. The minimum atomic E-state index is -0.0540. The molecule has 3 aliphatic rings. The van der Waals surface area contributed by atoms with Crippen molar-refractivity contribution in [2.75, 3.05) is 37.6 Å². The molecule has 3 fully saturated rings. The quantitative estimate of drug-likeness (QED) is 0.875. The van der Waals surface area contributed by atoms with Crippen molar-refractivity contribution in [2.45, 2.75) is 32.7 Å². The van der Waals surface area contributed by atoms with Crippen molar-refractivity contribution in [1.82, 2.24) is 20.4 Å². The Morgan fingerprint density at radius 1 is 1.32 bits per heavy atom. The average molecular weight is 341 g/mol. The maximum Gasteiger partial charge on any atom is 0.272 e. The standard InChI is InChI=1S/C19H27N5O/c1-3-24(4-2)14-5-6-16-15(11-14)18(22-21-16)19(25)20-17-12-23-9-7-13(17)8-10-23/h5-6,11,13,17H,3-4,7-10,12H2,1-2H3,(H,20,25)(H,21,22)/t17-/m0/s1. The first-order valence-electron chi connectivity index (χ1n) is 9.46. The number of aromatic nitrogens is 2. The number of H-pyrrole nitrogens is 1. The summed E-state index contributed by atoms with van der Waals surface area (Å²) in [4.78, 5) is 17.6. The number of benzene rings is 1. The third-order valence-electron chi connectivity index (χ3n) is 5.86. The summed E-state index contributed by atoms with van der Waals surface area (Å²) >= 11 is 0. The van der Waals surface area contributed by atoms with Crippen LogP contribution in [0.3, 0.4) is 0 Å². The van der Waals surface area contributed by atoms with Crippen LogP contribution in [0.4, 0.5) is 5.69 Å². The van der Waals surface area contributed by atoms with Gasteiger partial charge in [-0.1, -0.05) is 0 Å². The van der Waals surface area contributed by atoms with Gasteiger partial charge in [0.1, 0.15) is 0 Å². The molecule has 0 spiro atoms. The summed E-state index contributed by atoms with van der Waals surface area (Å²) in [6, 6.07) is 6.44. The molecule has 0 saturated carbocycles. The molecule has 134 valence electrons. The zero-order valence-corrected chi connectivity index (χ0v) is 15.1. The van der Waals surface area contributed by atoms with E-state index in [0.29, 0.717) is 11.6 Å². The third kappa shape index (κ3) is 2.99. The van der Waals surface area contributed by atoms with Crippen LogP contribution in [-0.4, -0.2) is 59.8 Å². The van der Waals surface area contributed by atoms with Crippen molar-refractivity contribution in [3.8, 4) is 0 Å². The van der Waals surface area contributed by atoms with Crippen LogP contribution in [0.15, 0.2) is 18.2 Å². The predicted molar refractivity (Wildman–Crippen MR) is 100 cm³/mol. The van der Waals surface area contributed by atoms with Crippen LogP contribution >= 0.6 is 0 Å². The van der Waals surface area contributed by atoms with Crippen molar-refractivity contribution in [1.29, 1.82) is 0 Å². The summed E-state index contributed by atoms with van der Waals surface area (Å²) in [5.41, 5.74) is 2.56. The summed E-state index contributed by atoms with van der Waals surface area (Å²) in [6.45, 7) is 9.50. The molecule has 5 rings (SSSR count). The second-order valence-corrected chi connectivity index (χ2v) is 7.19. The zero-order valence-electron chi connectivity index (χ0n) is 15.1. The van der Waals surface area contributed by atoms with E-state index in [0.717, 1.165) is 36.2 Å². The Morgan fingerprint density at radius 2 is 2.08 bits per heavy atom. The molecule has 1 aromatic carbocycles. The van der Waals surface area contributed by atoms with Gasteiger partial charge in [-0.2, -0.15) is 5.10 Å². The maximum absolute atomic E-state index is 12.9. The van der Waals surface area contributed by atoms with E-state index in [1.807, 2.05) is 6.07 Å². The molecule has 0 radical (unpaired) electrons. The molecule has 1 aromatic heterocycles. The minimum Gasteiger partial charge on any atom is -0.372 e. The number of hydrogen-bond donors (Lipinski definition) is 2. The van der Waals surface area contributed by atoms with E-state index in [-0.39, 0.29) is 11.9 Å². The van der Waals surface area contributed by atoms with E-state index >= 15 is 0 Å². The topological polar surface area (TPSA) is 64.3 Å². The molecule has 1 amide bonds. The Kier molecular flexibility index (Phi) is 4.37. The first kappa shape index (κ1) is 16.4. The monoisotopic (exact) mass is 341 g/mol. The van der Waals surface area contributed by atoms with Gasteiger partial charge < -0.3 is 15.1 Å². The molecule has 1 atom stereocenters. The molecule has 3 aliphatic heterocycles. The fourth-order valence-electron chi connectivity index (χ4n) is 4.33. The Morgan fingerprint density at radius 3 is 2.72 bits per heavy atom. The highest BCUT2D eigenvalue weighted by atomic mass is 16.2. The minimum absolute atomic E-state index is 0.0540. The number of aromatic amines is 1. The molecule has 3 saturated heterocycles. The van der Waals surface area contributed by atoms with Crippen molar-refractivity contribution in [3.05, 3.63) is 23.9 Å². The number of carbonyl (C=O) groups is 1. The summed E-state index contributed by atoms with van der Waals surface area (Å²) in [6.07, 6.45) is 2.39. The fraction of sp³-hybridized carbons (Fsp3) is 0.579. The van der Waals surface area contributed by atoms with Crippen LogP contribution in [0, 0.1) is 5.92 Å². The Balaban J connectivity index is 1.57. The fourth-order valence-corrected chi connectivity index (χ4v) is 4.33. The highest BCUT2D eigenvalue weighted by Gasteiger charge is 2.35. The van der Waals surface area contributed by atoms with Gasteiger partial charge in [-0.15, -0.1) is 0 Å². The van der Waals surface area contributed by atoms with Crippen LogP contribution in [-0.2, 0) is 0 Å². The smallest absolute Gasteiger partial charge is 0.272 e. The van der Waals surface area contributed by atoms with Crippen LogP contribution in [0.2, 0.25) is 0 Å². The van der Waals surface area contributed by atoms with Gasteiger partial charge in [0.2, 0.25) is 0 Å². The van der Waals surface area contributed by atoms with Gasteiger partial charge >= 0.3 is 0 Å². The van der Waals surface area contributed by atoms with E-state index in [4.69, 9.17) is 0 Å². The third-order valence-corrected chi connectivity index (χ3v) is 5.86. The Labute approximate surface area is 148 Å². The summed E-state index contributed by atoms with van der Waals surface area (Å²) in [7, 11) is 0. The largest absolute Gasteiger partial charge is 0.372 e. The molecule has 25 heavy (non-hydrogen) atoms. The summed E-state index contributed by atoms with van der Waals surface area (Å²) in [5.74, 6) is 0.562. The molecule has 6 nitrogen and oxygen atoms in total. The molecule has 0 aliphatic carbocycles. The zero-order chi connectivity index (χ0) is 17.4. The van der Waals surface area contributed by atoms with E-state index in [9.17, 15) is 4.79 Å². The van der Waals surface area contributed by atoms with Gasteiger partial charge in [0.05, 0.1) is 5.52 Å². The lowest BCUT2D eigenvalue weighted by atomic mass is 9.84. The van der Waals surface area contributed by atoms with E-state index < -0.39 is 0 Å². The molecular weight excluding hydrogens is 314 g/mol. The van der Waals surface area contributed by atoms with Gasteiger partial charge in [-0.05, 0) is 63.9 Å². The molecule has 2 N–H and O–H groups in total. The highest BCUT2D eigenvalue weighted by molar-refractivity contribution is 6.05. The molecule has 2 bridgehead atoms. The van der Waals surface area contributed by atoms with E-state index in [1.165, 1.54) is 25.9 Å². The van der Waals surface area contributed by atoms with Crippen molar-refractivity contribution >= 4 is 22.5 Å². The Bertz CT molecular complexity index is 758. The van der Waals surface area contributed by atoms with Gasteiger partial charge in [-0.3, -0.25) is 9.89 Å². The summed E-state index contributed by atoms with van der Waals surface area (Å²) < 4.78 is 0. The second kappa shape index (κ2) is 6.67.